The van der Waals surface area contributed by atoms with Crippen LogP contribution in [0.5, 0.6) is 0 Å². The molecule has 0 fully saturated rings. The number of nitrogens with zero attached hydrogens (tertiary/aromatic N) is 1. The van der Waals surface area contributed by atoms with Crippen molar-refractivity contribution in [1.82, 2.24) is 4.98 Å². The summed E-state index contributed by atoms with van der Waals surface area (Å²) in [6.07, 6.45) is 1.61. The highest BCUT2D eigenvalue weighted by atomic mass is 79.9. The van der Waals surface area contributed by atoms with Gasteiger partial charge in [0.25, 0.3) is 0 Å². The first-order valence-electron chi connectivity index (χ1n) is 3.49. The molecule has 0 aliphatic carbocycles. The van der Waals surface area contributed by atoms with Crippen molar-refractivity contribution in [2.45, 2.75) is 13.3 Å². The molecule has 0 N–H and O–H groups in total. The minimum Gasteiger partial charge on any atom is -0.294 e. The van der Waals surface area contributed by atoms with E-state index < -0.39 is 5.95 Å². The predicted octanol–water partition coefficient (Wildman–Crippen LogP) is 2.58. The van der Waals surface area contributed by atoms with E-state index in [0.29, 0.717) is 4.47 Å². The highest BCUT2D eigenvalue weighted by Gasteiger charge is 2.10. The van der Waals surface area contributed by atoms with Crippen LogP contribution in [0.25, 0.3) is 0 Å². The van der Waals surface area contributed by atoms with Crippen LogP contribution < -0.4 is 0 Å². The predicted molar refractivity (Wildman–Crippen MR) is 46.5 cm³/mol. The largest absolute Gasteiger partial charge is 0.294 e. The Balaban J connectivity index is 3.13. The Labute approximate surface area is 77.9 Å². The van der Waals surface area contributed by atoms with E-state index >= 15 is 0 Å². The Morgan fingerprint density at radius 3 is 3.00 bits per heavy atom. The lowest BCUT2D eigenvalue weighted by molar-refractivity contribution is 0.0983. The van der Waals surface area contributed by atoms with Crippen LogP contribution >= 0.6 is 15.9 Å². The first-order valence-corrected chi connectivity index (χ1v) is 4.28. The summed E-state index contributed by atoms with van der Waals surface area (Å²) in [5.74, 6) is -0.939. The molecule has 0 saturated heterocycles. The van der Waals surface area contributed by atoms with E-state index in [9.17, 15) is 9.18 Å². The second kappa shape index (κ2) is 3.76. The van der Waals surface area contributed by atoms with Gasteiger partial charge in [-0.15, -0.1) is 0 Å². The molecule has 0 unspecified atom stereocenters. The van der Waals surface area contributed by atoms with E-state index in [1.807, 2.05) is 0 Å². The molecule has 1 rings (SSSR count). The fourth-order valence-corrected chi connectivity index (χ4v) is 1.14. The van der Waals surface area contributed by atoms with Gasteiger partial charge in [-0.2, -0.15) is 4.39 Å². The maximum atomic E-state index is 12.9. The van der Waals surface area contributed by atoms with Crippen molar-refractivity contribution in [1.29, 1.82) is 0 Å². The van der Waals surface area contributed by atoms with E-state index in [2.05, 4.69) is 20.9 Å². The quantitative estimate of drug-likeness (QED) is 0.579. The third kappa shape index (κ3) is 1.88. The summed E-state index contributed by atoms with van der Waals surface area (Å²) in [6, 6.07) is 1.44. The summed E-state index contributed by atoms with van der Waals surface area (Å²) in [5.41, 5.74) is 0.0480. The molecule has 0 saturated carbocycles. The van der Waals surface area contributed by atoms with Crippen molar-refractivity contribution in [2.75, 3.05) is 0 Å². The van der Waals surface area contributed by atoms with Gasteiger partial charge in [-0.1, -0.05) is 6.92 Å². The van der Waals surface area contributed by atoms with Gasteiger partial charge in [0.2, 0.25) is 5.95 Å². The molecule has 0 aromatic carbocycles. The average molecular weight is 232 g/mol. The zero-order valence-corrected chi connectivity index (χ0v) is 8.06. The Morgan fingerprint density at radius 2 is 2.42 bits per heavy atom. The van der Waals surface area contributed by atoms with Gasteiger partial charge in [-0.05, 0) is 22.0 Å². The number of carbonyl (C=O) groups excluding carboxylic acids is 1. The molecule has 1 aromatic rings. The Morgan fingerprint density at radius 1 is 1.75 bits per heavy atom. The van der Waals surface area contributed by atoms with Gasteiger partial charge in [-0.25, -0.2) is 4.98 Å². The molecule has 1 aromatic heterocycles. The first kappa shape index (κ1) is 9.32. The molecular formula is C8H7BrFNO. The van der Waals surface area contributed by atoms with E-state index in [1.54, 1.807) is 6.92 Å². The number of ketones is 1. The second-order valence-corrected chi connectivity index (χ2v) is 3.18. The molecular weight excluding hydrogens is 225 g/mol. The van der Waals surface area contributed by atoms with Crippen molar-refractivity contribution in [3.05, 3.63) is 28.2 Å². The molecule has 12 heavy (non-hydrogen) atoms. The lowest BCUT2D eigenvalue weighted by atomic mass is 10.1. The van der Waals surface area contributed by atoms with Gasteiger partial charge in [0.15, 0.2) is 5.78 Å². The number of hydrogen-bond donors (Lipinski definition) is 0. The third-order valence-corrected chi connectivity index (χ3v) is 1.86. The van der Waals surface area contributed by atoms with Crippen LogP contribution in [0.1, 0.15) is 23.7 Å². The standard InChI is InChI=1S/C8H7BrFNO/c1-2-7(12)6-3-5(9)4-11-8(6)10/h3-4H,2H2,1H3. The van der Waals surface area contributed by atoms with Crippen LogP contribution in [0.4, 0.5) is 4.39 Å². The lowest BCUT2D eigenvalue weighted by Crippen LogP contribution is -2.02. The zero-order chi connectivity index (χ0) is 9.14. The molecule has 0 aliphatic rings. The summed E-state index contributed by atoms with van der Waals surface area (Å²) in [7, 11) is 0. The van der Waals surface area contributed by atoms with Crippen molar-refractivity contribution < 1.29 is 9.18 Å². The maximum absolute atomic E-state index is 12.9. The molecule has 2 nitrogen and oxygen atoms in total. The van der Waals surface area contributed by atoms with Crippen molar-refractivity contribution in [3.63, 3.8) is 0 Å². The van der Waals surface area contributed by atoms with Gasteiger partial charge in [-0.3, -0.25) is 4.79 Å². The molecule has 0 spiro atoms. The Bertz CT molecular complexity index is 314. The second-order valence-electron chi connectivity index (χ2n) is 2.27. The van der Waals surface area contributed by atoms with Gasteiger partial charge in [0, 0.05) is 17.1 Å². The Hall–Kier alpha value is -0.770. The Kier molecular flexibility index (Phi) is 2.92. The van der Waals surface area contributed by atoms with Crippen LogP contribution in [0, 0.1) is 5.95 Å². The molecule has 0 aliphatic heterocycles. The highest BCUT2D eigenvalue weighted by Crippen LogP contribution is 2.14. The topological polar surface area (TPSA) is 30.0 Å². The molecule has 1 heterocycles. The summed E-state index contributed by atoms with van der Waals surface area (Å²) in [5, 5.41) is 0. The van der Waals surface area contributed by atoms with Gasteiger partial charge >= 0.3 is 0 Å². The van der Waals surface area contributed by atoms with E-state index in [1.165, 1.54) is 12.3 Å². The monoisotopic (exact) mass is 231 g/mol. The van der Waals surface area contributed by atoms with Crippen LogP contribution in [0.3, 0.4) is 0 Å². The molecule has 0 atom stereocenters. The number of Topliss-reactive ketones (excluding diaryl/α,β-unsaturated/α-hetero) is 1. The van der Waals surface area contributed by atoms with E-state index in [4.69, 9.17) is 0 Å². The smallest absolute Gasteiger partial charge is 0.223 e. The lowest BCUT2D eigenvalue weighted by Gasteiger charge is -1.98. The zero-order valence-electron chi connectivity index (χ0n) is 6.47. The van der Waals surface area contributed by atoms with Crippen LogP contribution in [0.15, 0.2) is 16.7 Å². The number of halogens is 2. The summed E-state index contributed by atoms with van der Waals surface area (Å²) in [4.78, 5) is 14.5. The molecule has 0 radical (unpaired) electrons. The van der Waals surface area contributed by atoms with Gasteiger partial charge < -0.3 is 0 Å². The number of carbonyl (C=O) groups is 1. The molecule has 64 valence electrons. The van der Waals surface area contributed by atoms with E-state index in [-0.39, 0.29) is 17.8 Å². The van der Waals surface area contributed by atoms with Crippen molar-refractivity contribution in [3.8, 4) is 0 Å². The van der Waals surface area contributed by atoms with Gasteiger partial charge in [0.1, 0.15) is 0 Å². The van der Waals surface area contributed by atoms with Crippen LogP contribution in [-0.2, 0) is 0 Å². The third-order valence-electron chi connectivity index (χ3n) is 1.43. The fourth-order valence-electron chi connectivity index (χ4n) is 0.809. The minimum atomic E-state index is -0.704. The number of hydrogen-bond acceptors (Lipinski definition) is 2. The molecule has 0 amide bonds. The fraction of sp³-hybridized carbons (Fsp3) is 0.250. The maximum Gasteiger partial charge on any atom is 0.223 e. The molecule has 4 heteroatoms. The SMILES string of the molecule is CCC(=O)c1cc(Br)cnc1F. The van der Waals surface area contributed by atoms with Crippen molar-refractivity contribution in [2.24, 2.45) is 0 Å². The molecule has 0 bridgehead atoms. The van der Waals surface area contributed by atoms with Gasteiger partial charge in [0.05, 0.1) is 5.56 Å². The summed E-state index contributed by atoms with van der Waals surface area (Å²) in [6.45, 7) is 1.68. The summed E-state index contributed by atoms with van der Waals surface area (Å²) < 4.78 is 13.5. The summed E-state index contributed by atoms with van der Waals surface area (Å²) >= 11 is 3.11. The van der Waals surface area contributed by atoms with E-state index in [0.717, 1.165) is 0 Å². The average Bonchev–Trinajstić information content (AvgIpc) is 2.08. The number of rotatable bonds is 2. The first-order chi connectivity index (χ1) is 5.65. The minimum absolute atomic E-state index is 0.0480. The van der Waals surface area contributed by atoms with Crippen LogP contribution in [-0.4, -0.2) is 10.8 Å². The number of aromatic nitrogens is 1. The normalized spacial score (nSPS) is 9.92. The highest BCUT2D eigenvalue weighted by molar-refractivity contribution is 9.10. The number of pyridine rings is 1. The van der Waals surface area contributed by atoms with Crippen molar-refractivity contribution >= 4 is 21.7 Å². The van der Waals surface area contributed by atoms with Crippen LogP contribution in [0.2, 0.25) is 0 Å².